The maximum Gasteiger partial charge on any atom is 0.355 e. The summed E-state index contributed by atoms with van der Waals surface area (Å²) in [6.45, 7) is 1.82. The number of methoxy groups -OCH3 is 1. The van der Waals surface area contributed by atoms with Crippen LogP contribution < -0.4 is 9.91 Å². The fraction of sp³-hybridized carbons (Fsp3) is 0.200. The summed E-state index contributed by atoms with van der Waals surface area (Å²) in [5.41, 5.74) is 1.24. The van der Waals surface area contributed by atoms with Crippen LogP contribution >= 0.6 is 0 Å². The maximum absolute atomic E-state index is 13.3. The lowest BCUT2D eigenvalue weighted by molar-refractivity contribution is -0.384. The predicted octanol–water partition coefficient (Wildman–Crippen LogP) is 1.81. The van der Waals surface area contributed by atoms with Crippen molar-refractivity contribution in [1.82, 2.24) is 0 Å². The minimum Gasteiger partial charge on any atom is -0.464 e. The van der Waals surface area contributed by atoms with Crippen LogP contribution in [0, 0.1) is 23.0 Å². The van der Waals surface area contributed by atoms with Gasteiger partial charge in [0.05, 0.1) is 23.4 Å². The van der Waals surface area contributed by atoms with Crippen LogP contribution in [0.15, 0.2) is 53.6 Å². The molecule has 2 aromatic carbocycles. The van der Waals surface area contributed by atoms with Gasteiger partial charge in [-0.15, -0.1) is 0 Å². The van der Waals surface area contributed by atoms with Crippen LogP contribution in [-0.4, -0.2) is 41.6 Å². The first kappa shape index (κ1) is 19.2. The van der Waals surface area contributed by atoms with Gasteiger partial charge in [-0.3, -0.25) is 24.7 Å². The molecule has 2 aliphatic heterocycles. The highest BCUT2D eigenvalue weighted by molar-refractivity contribution is 6.47. The normalized spacial score (nSPS) is 20.3. The number of ether oxygens (including phenoxy) is 1. The number of carbonyl (C=O) groups is 3. The number of hydrogen-bond acceptors (Lipinski definition) is 8. The number of nitro groups is 1. The standard InChI is InChI=1S/C20H16N4O6/c1-11-5-3-4-6-14(11)23-17-15(16(21-23)20(27)30-2)18(25)22(19(17)26)12-7-9-13(10-8-12)24(28)29/h3-10,15,17H,1-2H3. The number of aryl methyl sites for hydroxylation is 1. The summed E-state index contributed by atoms with van der Waals surface area (Å²) in [6, 6.07) is 11.2. The number of esters is 1. The second-order valence-corrected chi connectivity index (χ2v) is 6.82. The van der Waals surface area contributed by atoms with Gasteiger partial charge >= 0.3 is 5.97 Å². The SMILES string of the molecule is COC(=O)C1=NN(c2ccccc2C)C2C(=O)N(c3ccc([N+](=O)[O-])cc3)C(=O)C12. The Morgan fingerprint density at radius 1 is 1.10 bits per heavy atom. The molecule has 30 heavy (non-hydrogen) atoms. The van der Waals surface area contributed by atoms with Gasteiger partial charge in [0.1, 0.15) is 12.0 Å². The molecule has 2 aliphatic rings. The number of anilines is 2. The first-order valence-corrected chi connectivity index (χ1v) is 8.99. The molecule has 10 nitrogen and oxygen atoms in total. The van der Waals surface area contributed by atoms with Crippen molar-refractivity contribution in [3.8, 4) is 0 Å². The van der Waals surface area contributed by atoms with E-state index in [1.165, 1.54) is 36.4 Å². The number of non-ortho nitro benzene ring substituents is 1. The number of rotatable bonds is 4. The average molecular weight is 408 g/mol. The molecule has 2 heterocycles. The van der Waals surface area contributed by atoms with Crippen molar-refractivity contribution < 1.29 is 24.0 Å². The minimum atomic E-state index is -1.14. The molecule has 0 N–H and O–H groups in total. The summed E-state index contributed by atoms with van der Waals surface area (Å²) in [5.74, 6) is -3.16. The van der Waals surface area contributed by atoms with Gasteiger partial charge in [0.25, 0.3) is 11.6 Å². The van der Waals surface area contributed by atoms with E-state index in [2.05, 4.69) is 5.10 Å². The molecule has 4 rings (SSSR count). The molecule has 0 radical (unpaired) electrons. The van der Waals surface area contributed by atoms with Crippen LogP contribution in [0.5, 0.6) is 0 Å². The third-order valence-corrected chi connectivity index (χ3v) is 5.12. The fourth-order valence-electron chi connectivity index (χ4n) is 3.68. The van der Waals surface area contributed by atoms with Crippen molar-refractivity contribution >= 4 is 40.6 Å². The smallest absolute Gasteiger partial charge is 0.355 e. The van der Waals surface area contributed by atoms with Crippen LogP contribution in [0.1, 0.15) is 5.56 Å². The van der Waals surface area contributed by atoms with E-state index in [9.17, 15) is 24.5 Å². The third-order valence-electron chi connectivity index (χ3n) is 5.12. The summed E-state index contributed by atoms with van der Waals surface area (Å²) >= 11 is 0. The molecule has 1 saturated heterocycles. The number of nitrogens with zero attached hydrogens (tertiary/aromatic N) is 4. The van der Waals surface area contributed by atoms with Gasteiger partial charge in [0.15, 0.2) is 5.71 Å². The minimum absolute atomic E-state index is 0.159. The molecule has 10 heteroatoms. The number of hydrazone groups is 1. The molecule has 0 spiro atoms. The van der Waals surface area contributed by atoms with Crippen LogP contribution in [0.2, 0.25) is 0 Å². The number of hydrogen-bond donors (Lipinski definition) is 0. The van der Waals surface area contributed by atoms with Crippen LogP contribution in [0.25, 0.3) is 0 Å². The van der Waals surface area contributed by atoms with E-state index < -0.39 is 34.7 Å². The van der Waals surface area contributed by atoms with E-state index in [1.807, 2.05) is 19.1 Å². The lowest BCUT2D eigenvalue weighted by Crippen LogP contribution is -2.39. The molecular formula is C20H16N4O6. The topological polar surface area (TPSA) is 122 Å². The van der Waals surface area contributed by atoms with Crippen molar-refractivity contribution in [2.24, 2.45) is 11.0 Å². The molecule has 1 fully saturated rings. The molecule has 0 saturated carbocycles. The van der Waals surface area contributed by atoms with Gasteiger partial charge in [0, 0.05) is 12.1 Å². The number of imide groups is 1. The summed E-state index contributed by atoms with van der Waals surface area (Å²) in [5, 5.41) is 16.5. The molecule has 2 aromatic rings. The van der Waals surface area contributed by atoms with E-state index in [1.54, 1.807) is 12.1 Å². The molecule has 2 atom stereocenters. The number of para-hydroxylation sites is 1. The monoisotopic (exact) mass is 408 g/mol. The second-order valence-electron chi connectivity index (χ2n) is 6.82. The summed E-state index contributed by atoms with van der Waals surface area (Å²) in [7, 11) is 1.17. The summed E-state index contributed by atoms with van der Waals surface area (Å²) in [4.78, 5) is 50.0. The van der Waals surface area contributed by atoms with Crippen molar-refractivity contribution in [3.05, 3.63) is 64.2 Å². The van der Waals surface area contributed by atoms with E-state index in [0.29, 0.717) is 5.69 Å². The Labute approximate surface area is 170 Å². The highest BCUT2D eigenvalue weighted by Crippen LogP contribution is 2.39. The molecule has 2 unspecified atom stereocenters. The predicted molar refractivity (Wildman–Crippen MR) is 106 cm³/mol. The molecule has 0 bridgehead atoms. The van der Waals surface area contributed by atoms with Crippen LogP contribution in [0.3, 0.4) is 0 Å². The summed E-state index contributed by atoms with van der Waals surface area (Å²) in [6.07, 6.45) is 0. The Kier molecular flexibility index (Phi) is 4.53. The Morgan fingerprint density at radius 3 is 2.37 bits per heavy atom. The molecule has 0 aromatic heterocycles. The Morgan fingerprint density at radius 2 is 1.77 bits per heavy atom. The number of benzene rings is 2. The molecular weight excluding hydrogens is 392 g/mol. The Balaban J connectivity index is 1.79. The summed E-state index contributed by atoms with van der Waals surface area (Å²) < 4.78 is 4.77. The Hall–Kier alpha value is -4.08. The molecule has 152 valence electrons. The van der Waals surface area contributed by atoms with Gasteiger partial charge in [-0.1, -0.05) is 18.2 Å². The van der Waals surface area contributed by atoms with E-state index >= 15 is 0 Å². The molecule has 0 aliphatic carbocycles. The third kappa shape index (κ3) is 2.81. The number of fused-ring (bicyclic) bond motifs is 1. The second kappa shape index (κ2) is 7.07. The number of carbonyl (C=O) groups excluding carboxylic acids is 3. The van der Waals surface area contributed by atoms with E-state index in [4.69, 9.17) is 4.74 Å². The van der Waals surface area contributed by atoms with Crippen molar-refractivity contribution in [3.63, 3.8) is 0 Å². The van der Waals surface area contributed by atoms with Gasteiger partial charge in [-0.05, 0) is 30.7 Å². The zero-order chi connectivity index (χ0) is 21.6. The van der Waals surface area contributed by atoms with Crippen molar-refractivity contribution in [1.29, 1.82) is 0 Å². The van der Waals surface area contributed by atoms with Gasteiger partial charge in [-0.25, -0.2) is 9.69 Å². The largest absolute Gasteiger partial charge is 0.464 e. The van der Waals surface area contributed by atoms with Crippen molar-refractivity contribution in [2.75, 3.05) is 17.0 Å². The zero-order valence-electron chi connectivity index (χ0n) is 16.0. The van der Waals surface area contributed by atoms with Gasteiger partial charge < -0.3 is 4.74 Å². The fourth-order valence-corrected chi connectivity index (χ4v) is 3.68. The van der Waals surface area contributed by atoms with Gasteiger partial charge in [-0.2, -0.15) is 5.10 Å². The van der Waals surface area contributed by atoms with Crippen LogP contribution in [-0.2, 0) is 19.1 Å². The molecule has 2 amide bonds. The highest BCUT2D eigenvalue weighted by atomic mass is 16.6. The maximum atomic E-state index is 13.3. The first-order chi connectivity index (χ1) is 14.3. The van der Waals surface area contributed by atoms with Crippen molar-refractivity contribution in [2.45, 2.75) is 13.0 Å². The number of nitro benzene ring substituents is 1. The zero-order valence-corrected chi connectivity index (χ0v) is 16.0. The van der Waals surface area contributed by atoms with Crippen LogP contribution in [0.4, 0.5) is 17.1 Å². The lowest BCUT2D eigenvalue weighted by Gasteiger charge is -2.23. The van der Waals surface area contributed by atoms with E-state index in [-0.39, 0.29) is 17.1 Å². The van der Waals surface area contributed by atoms with Gasteiger partial charge in [0.2, 0.25) is 5.91 Å². The number of amides is 2. The highest BCUT2D eigenvalue weighted by Gasteiger charge is 2.59. The quantitative estimate of drug-likeness (QED) is 0.327. The lowest BCUT2D eigenvalue weighted by atomic mass is 9.97. The average Bonchev–Trinajstić information content (AvgIpc) is 3.25. The van der Waals surface area contributed by atoms with E-state index in [0.717, 1.165) is 10.5 Å². The Bertz CT molecular complexity index is 1110. The first-order valence-electron chi connectivity index (χ1n) is 8.99.